The lowest BCUT2D eigenvalue weighted by Crippen LogP contribution is -2.15. The summed E-state index contributed by atoms with van der Waals surface area (Å²) in [7, 11) is 0. The summed E-state index contributed by atoms with van der Waals surface area (Å²) >= 11 is 1.72. The number of rotatable bonds is 4. The van der Waals surface area contributed by atoms with E-state index in [1.54, 1.807) is 11.3 Å². The number of hydrogen-bond acceptors (Lipinski definition) is 3. The van der Waals surface area contributed by atoms with E-state index < -0.39 is 0 Å². The van der Waals surface area contributed by atoms with E-state index in [1.807, 2.05) is 6.92 Å². The molecule has 0 bridgehead atoms. The van der Waals surface area contributed by atoms with Crippen molar-refractivity contribution in [3.05, 3.63) is 51.5 Å². The summed E-state index contributed by atoms with van der Waals surface area (Å²) in [6.45, 7) is 4.80. The maximum Gasteiger partial charge on any atom is 0.0934 e. The Kier molecular flexibility index (Phi) is 3.92. The van der Waals surface area contributed by atoms with Gasteiger partial charge in [-0.3, -0.25) is 0 Å². The zero-order chi connectivity index (χ0) is 12.3. The summed E-state index contributed by atoms with van der Waals surface area (Å²) in [6, 6.07) is 8.64. The molecule has 0 saturated carbocycles. The van der Waals surface area contributed by atoms with Gasteiger partial charge in [0.05, 0.1) is 5.01 Å². The summed E-state index contributed by atoms with van der Waals surface area (Å²) in [5, 5.41) is 3.27. The minimum atomic E-state index is 0.376. The molecule has 2 N–H and O–H groups in total. The summed E-state index contributed by atoms with van der Waals surface area (Å²) in [6.07, 6.45) is 0.943. The second kappa shape index (κ2) is 5.43. The van der Waals surface area contributed by atoms with Crippen LogP contribution < -0.4 is 5.73 Å². The van der Waals surface area contributed by atoms with Gasteiger partial charge in [-0.25, -0.2) is 4.98 Å². The Morgan fingerprint density at radius 2 is 1.94 bits per heavy atom. The Morgan fingerprint density at radius 1 is 1.24 bits per heavy atom. The predicted octanol–water partition coefficient (Wildman–Crippen LogP) is 3.04. The minimum Gasteiger partial charge on any atom is -0.330 e. The lowest BCUT2D eigenvalue weighted by molar-refractivity contribution is 0.690. The highest BCUT2D eigenvalue weighted by Crippen LogP contribution is 2.22. The quantitative estimate of drug-likeness (QED) is 0.900. The van der Waals surface area contributed by atoms with Crippen LogP contribution in [0.2, 0.25) is 0 Å². The molecule has 0 fully saturated rings. The molecule has 0 saturated heterocycles. The van der Waals surface area contributed by atoms with Gasteiger partial charge in [-0.1, -0.05) is 29.8 Å². The number of aromatic nitrogens is 1. The zero-order valence-corrected chi connectivity index (χ0v) is 11.1. The Balaban J connectivity index is 2.13. The standard InChI is InChI=1S/C14H18N2S/c1-10-3-5-12(6-4-10)13(8-15)7-14-16-11(2)9-17-14/h3-6,9,13H,7-8,15H2,1-2H3. The van der Waals surface area contributed by atoms with Crippen LogP contribution in [0, 0.1) is 13.8 Å². The number of nitrogens with two attached hydrogens (primary N) is 1. The van der Waals surface area contributed by atoms with Crippen LogP contribution in [0.5, 0.6) is 0 Å². The fraction of sp³-hybridized carbons (Fsp3) is 0.357. The van der Waals surface area contributed by atoms with Crippen LogP contribution in [0.1, 0.15) is 27.7 Å². The topological polar surface area (TPSA) is 38.9 Å². The third-order valence-corrected chi connectivity index (χ3v) is 3.91. The highest BCUT2D eigenvalue weighted by atomic mass is 32.1. The van der Waals surface area contributed by atoms with Crippen molar-refractivity contribution in [1.29, 1.82) is 0 Å². The largest absolute Gasteiger partial charge is 0.330 e. The second-order valence-corrected chi connectivity index (χ2v) is 5.37. The van der Waals surface area contributed by atoms with Crippen LogP contribution in [-0.2, 0) is 6.42 Å². The molecule has 3 heteroatoms. The minimum absolute atomic E-state index is 0.376. The van der Waals surface area contributed by atoms with Crippen LogP contribution in [0.4, 0.5) is 0 Å². The molecule has 0 aliphatic rings. The van der Waals surface area contributed by atoms with Gasteiger partial charge >= 0.3 is 0 Å². The highest BCUT2D eigenvalue weighted by molar-refractivity contribution is 7.09. The van der Waals surface area contributed by atoms with Gasteiger partial charge in [0.15, 0.2) is 0 Å². The van der Waals surface area contributed by atoms with Crippen LogP contribution in [-0.4, -0.2) is 11.5 Å². The molecule has 2 aromatic rings. The van der Waals surface area contributed by atoms with Crippen molar-refractivity contribution in [2.24, 2.45) is 5.73 Å². The van der Waals surface area contributed by atoms with Gasteiger partial charge in [0, 0.05) is 23.4 Å². The predicted molar refractivity (Wildman–Crippen MR) is 73.5 cm³/mol. The Labute approximate surface area is 107 Å². The first-order chi connectivity index (χ1) is 8.19. The normalized spacial score (nSPS) is 12.6. The summed E-state index contributed by atoms with van der Waals surface area (Å²) in [5.41, 5.74) is 9.57. The van der Waals surface area contributed by atoms with E-state index >= 15 is 0 Å². The number of nitrogens with zero attached hydrogens (tertiary/aromatic N) is 1. The van der Waals surface area contributed by atoms with Crippen molar-refractivity contribution in [1.82, 2.24) is 4.98 Å². The average Bonchev–Trinajstić information content (AvgIpc) is 2.73. The highest BCUT2D eigenvalue weighted by Gasteiger charge is 2.12. The van der Waals surface area contributed by atoms with Gasteiger partial charge in [0.25, 0.3) is 0 Å². The fourth-order valence-corrected chi connectivity index (χ4v) is 2.74. The van der Waals surface area contributed by atoms with Gasteiger partial charge in [-0.15, -0.1) is 11.3 Å². The van der Waals surface area contributed by atoms with Crippen LogP contribution >= 0.6 is 11.3 Å². The maximum atomic E-state index is 5.87. The third-order valence-electron chi connectivity index (χ3n) is 2.92. The molecule has 2 nitrogen and oxygen atoms in total. The average molecular weight is 246 g/mol. The molecule has 2 rings (SSSR count). The molecule has 1 heterocycles. The van der Waals surface area contributed by atoms with Crippen molar-refractivity contribution in [3.63, 3.8) is 0 Å². The van der Waals surface area contributed by atoms with Gasteiger partial charge in [-0.2, -0.15) is 0 Å². The van der Waals surface area contributed by atoms with Crippen molar-refractivity contribution < 1.29 is 0 Å². The molecule has 1 aromatic heterocycles. The van der Waals surface area contributed by atoms with Gasteiger partial charge in [-0.05, 0) is 26.0 Å². The van der Waals surface area contributed by atoms with E-state index in [2.05, 4.69) is 41.6 Å². The number of benzene rings is 1. The molecule has 0 aliphatic carbocycles. The van der Waals surface area contributed by atoms with Crippen LogP contribution in [0.25, 0.3) is 0 Å². The lowest BCUT2D eigenvalue weighted by Gasteiger charge is -2.13. The number of hydrogen-bond donors (Lipinski definition) is 1. The lowest BCUT2D eigenvalue weighted by atomic mass is 9.95. The first kappa shape index (κ1) is 12.3. The molecule has 1 unspecified atom stereocenters. The molecule has 0 spiro atoms. The van der Waals surface area contributed by atoms with Crippen molar-refractivity contribution >= 4 is 11.3 Å². The fourth-order valence-electron chi connectivity index (χ4n) is 1.88. The Bertz CT molecular complexity index is 473. The zero-order valence-electron chi connectivity index (χ0n) is 10.3. The number of thiazole rings is 1. The molecule has 1 atom stereocenters. The maximum absolute atomic E-state index is 5.87. The first-order valence-electron chi connectivity index (χ1n) is 5.86. The van der Waals surface area contributed by atoms with Crippen molar-refractivity contribution in [2.75, 3.05) is 6.54 Å². The smallest absolute Gasteiger partial charge is 0.0934 e. The molecular formula is C14H18N2S. The summed E-state index contributed by atoms with van der Waals surface area (Å²) in [4.78, 5) is 4.50. The molecule has 17 heavy (non-hydrogen) atoms. The molecular weight excluding hydrogens is 228 g/mol. The van der Waals surface area contributed by atoms with E-state index in [0.717, 1.165) is 12.1 Å². The van der Waals surface area contributed by atoms with Crippen LogP contribution in [0.3, 0.4) is 0 Å². The molecule has 0 radical (unpaired) electrons. The Morgan fingerprint density at radius 3 is 2.47 bits per heavy atom. The van der Waals surface area contributed by atoms with E-state index in [4.69, 9.17) is 5.73 Å². The molecule has 0 amide bonds. The van der Waals surface area contributed by atoms with E-state index in [-0.39, 0.29) is 0 Å². The van der Waals surface area contributed by atoms with Gasteiger partial charge < -0.3 is 5.73 Å². The van der Waals surface area contributed by atoms with E-state index in [0.29, 0.717) is 12.5 Å². The van der Waals surface area contributed by atoms with Crippen molar-refractivity contribution in [2.45, 2.75) is 26.2 Å². The SMILES string of the molecule is Cc1ccc(C(CN)Cc2nc(C)cs2)cc1. The van der Waals surface area contributed by atoms with E-state index in [1.165, 1.54) is 16.1 Å². The second-order valence-electron chi connectivity index (χ2n) is 4.43. The first-order valence-corrected chi connectivity index (χ1v) is 6.74. The Hall–Kier alpha value is -1.19. The monoisotopic (exact) mass is 246 g/mol. The van der Waals surface area contributed by atoms with Gasteiger partial charge in [0.1, 0.15) is 0 Å². The summed E-state index contributed by atoms with van der Waals surface area (Å²) in [5.74, 6) is 0.376. The molecule has 1 aromatic carbocycles. The third kappa shape index (κ3) is 3.14. The number of aryl methyl sites for hydroxylation is 2. The molecule has 90 valence electrons. The van der Waals surface area contributed by atoms with Crippen molar-refractivity contribution in [3.8, 4) is 0 Å². The molecule has 0 aliphatic heterocycles. The summed E-state index contributed by atoms with van der Waals surface area (Å²) < 4.78 is 0. The van der Waals surface area contributed by atoms with Gasteiger partial charge in [0.2, 0.25) is 0 Å². The van der Waals surface area contributed by atoms with Crippen LogP contribution in [0.15, 0.2) is 29.6 Å². The van der Waals surface area contributed by atoms with E-state index in [9.17, 15) is 0 Å².